The van der Waals surface area contributed by atoms with E-state index >= 15 is 0 Å². The lowest BCUT2D eigenvalue weighted by molar-refractivity contribution is 0.0698. The SMILES string of the molecule is Cc1cc2ccc(CNc3cnccc3C(=O)O)cc2o1. The molecular weight excluding hydrogens is 268 g/mol. The van der Waals surface area contributed by atoms with Crippen molar-refractivity contribution in [1.29, 1.82) is 0 Å². The second kappa shape index (κ2) is 5.28. The van der Waals surface area contributed by atoms with Gasteiger partial charge >= 0.3 is 5.97 Å². The van der Waals surface area contributed by atoms with Crippen molar-refractivity contribution in [2.24, 2.45) is 0 Å². The number of aromatic carboxylic acids is 1. The second-order valence-corrected chi connectivity index (χ2v) is 4.81. The van der Waals surface area contributed by atoms with Crippen molar-refractivity contribution in [3.8, 4) is 0 Å². The van der Waals surface area contributed by atoms with E-state index in [2.05, 4.69) is 10.3 Å². The van der Waals surface area contributed by atoms with Crippen LogP contribution in [0, 0.1) is 6.92 Å². The first kappa shape index (κ1) is 13.2. The zero-order valence-electron chi connectivity index (χ0n) is 11.5. The minimum atomic E-state index is -0.975. The van der Waals surface area contributed by atoms with E-state index in [1.54, 1.807) is 0 Å². The number of hydrogen-bond acceptors (Lipinski definition) is 4. The first-order valence-electron chi connectivity index (χ1n) is 6.54. The fraction of sp³-hybridized carbons (Fsp3) is 0.125. The molecule has 0 bridgehead atoms. The van der Waals surface area contributed by atoms with Gasteiger partial charge in [-0.2, -0.15) is 0 Å². The van der Waals surface area contributed by atoms with Gasteiger partial charge in [0.25, 0.3) is 0 Å². The summed E-state index contributed by atoms with van der Waals surface area (Å²) < 4.78 is 5.59. The minimum Gasteiger partial charge on any atom is -0.478 e. The van der Waals surface area contributed by atoms with Gasteiger partial charge in [-0.05, 0) is 30.7 Å². The molecule has 0 atom stereocenters. The maximum atomic E-state index is 11.1. The third kappa shape index (κ3) is 2.72. The first-order valence-corrected chi connectivity index (χ1v) is 6.54. The van der Waals surface area contributed by atoms with Crippen molar-refractivity contribution in [1.82, 2.24) is 4.98 Å². The molecule has 0 aliphatic heterocycles. The lowest BCUT2D eigenvalue weighted by Gasteiger charge is -2.08. The second-order valence-electron chi connectivity index (χ2n) is 4.81. The number of carbonyl (C=O) groups is 1. The molecule has 2 N–H and O–H groups in total. The summed E-state index contributed by atoms with van der Waals surface area (Å²) in [6, 6.07) is 9.39. The molecule has 5 nitrogen and oxygen atoms in total. The van der Waals surface area contributed by atoms with E-state index in [0.717, 1.165) is 22.3 Å². The van der Waals surface area contributed by atoms with Gasteiger partial charge < -0.3 is 14.8 Å². The highest BCUT2D eigenvalue weighted by atomic mass is 16.4. The smallest absolute Gasteiger partial charge is 0.337 e. The van der Waals surface area contributed by atoms with E-state index in [4.69, 9.17) is 9.52 Å². The van der Waals surface area contributed by atoms with Gasteiger partial charge in [0, 0.05) is 18.1 Å². The normalized spacial score (nSPS) is 10.7. The Balaban J connectivity index is 1.81. The number of aromatic nitrogens is 1. The van der Waals surface area contributed by atoms with Crippen LogP contribution in [-0.2, 0) is 6.54 Å². The van der Waals surface area contributed by atoms with Crippen LogP contribution in [0.15, 0.2) is 47.1 Å². The van der Waals surface area contributed by atoms with Gasteiger partial charge in [0.1, 0.15) is 11.3 Å². The van der Waals surface area contributed by atoms with Gasteiger partial charge in [-0.3, -0.25) is 4.98 Å². The molecule has 106 valence electrons. The molecule has 0 amide bonds. The Hall–Kier alpha value is -2.82. The van der Waals surface area contributed by atoms with Crippen molar-refractivity contribution in [3.05, 3.63) is 59.6 Å². The van der Waals surface area contributed by atoms with Gasteiger partial charge in [-0.25, -0.2) is 4.79 Å². The summed E-state index contributed by atoms with van der Waals surface area (Å²) >= 11 is 0. The number of aryl methyl sites for hydroxylation is 1. The quantitative estimate of drug-likeness (QED) is 0.766. The van der Waals surface area contributed by atoms with E-state index in [9.17, 15) is 4.79 Å². The molecule has 0 spiro atoms. The lowest BCUT2D eigenvalue weighted by atomic mass is 10.1. The van der Waals surface area contributed by atoms with E-state index in [-0.39, 0.29) is 5.56 Å². The van der Waals surface area contributed by atoms with Crippen LogP contribution in [0.25, 0.3) is 11.0 Å². The molecule has 3 aromatic rings. The van der Waals surface area contributed by atoms with Gasteiger partial charge in [-0.1, -0.05) is 12.1 Å². The number of hydrogen-bond donors (Lipinski definition) is 2. The monoisotopic (exact) mass is 282 g/mol. The number of nitrogens with zero attached hydrogens (tertiary/aromatic N) is 1. The largest absolute Gasteiger partial charge is 0.478 e. The van der Waals surface area contributed by atoms with Crippen LogP contribution >= 0.6 is 0 Å². The van der Waals surface area contributed by atoms with Crippen molar-refractivity contribution < 1.29 is 14.3 Å². The molecule has 2 heterocycles. The van der Waals surface area contributed by atoms with Gasteiger partial charge in [-0.15, -0.1) is 0 Å². The molecular formula is C16H14N2O3. The number of carboxylic acid groups (broad SMARTS) is 1. The Morgan fingerprint density at radius 3 is 3.00 bits per heavy atom. The number of pyridine rings is 1. The zero-order chi connectivity index (χ0) is 14.8. The Morgan fingerprint density at radius 2 is 2.19 bits per heavy atom. The van der Waals surface area contributed by atoms with E-state index in [0.29, 0.717) is 12.2 Å². The summed E-state index contributed by atoms with van der Waals surface area (Å²) in [7, 11) is 0. The Labute approximate surface area is 121 Å². The van der Waals surface area contributed by atoms with Crippen LogP contribution < -0.4 is 5.32 Å². The number of nitrogens with one attached hydrogen (secondary N) is 1. The summed E-state index contributed by atoms with van der Waals surface area (Å²) in [4.78, 5) is 15.1. The van der Waals surface area contributed by atoms with E-state index in [1.807, 2.05) is 31.2 Å². The highest BCUT2D eigenvalue weighted by Gasteiger charge is 2.09. The first-order chi connectivity index (χ1) is 10.1. The molecule has 0 aliphatic rings. The van der Waals surface area contributed by atoms with Crippen LogP contribution in [0.4, 0.5) is 5.69 Å². The molecule has 5 heteroatoms. The molecule has 0 saturated heterocycles. The Morgan fingerprint density at radius 1 is 1.33 bits per heavy atom. The van der Waals surface area contributed by atoms with Crippen LogP contribution in [0.1, 0.15) is 21.7 Å². The predicted molar refractivity (Wildman–Crippen MR) is 79.5 cm³/mol. The zero-order valence-corrected chi connectivity index (χ0v) is 11.5. The fourth-order valence-corrected chi connectivity index (χ4v) is 2.24. The average molecular weight is 282 g/mol. The molecule has 2 aromatic heterocycles. The minimum absolute atomic E-state index is 0.208. The molecule has 0 aliphatic carbocycles. The van der Waals surface area contributed by atoms with Gasteiger partial charge in [0.05, 0.1) is 17.4 Å². The van der Waals surface area contributed by atoms with E-state index < -0.39 is 5.97 Å². The van der Waals surface area contributed by atoms with Crippen LogP contribution in [0.3, 0.4) is 0 Å². The van der Waals surface area contributed by atoms with Crippen LogP contribution in [-0.4, -0.2) is 16.1 Å². The summed E-state index contributed by atoms with van der Waals surface area (Å²) in [5, 5.41) is 13.3. The summed E-state index contributed by atoms with van der Waals surface area (Å²) in [6.45, 7) is 2.41. The molecule has 0 fully saturated rings. The van der Waals surface area contributed by atoms with Crippen molar-refractivity contribution in [2.45, 2.75) is 13.5 Å². The van der Waals surface area contributed by atoms with Crippen molar-refractivity contribution in [2.75, 3.05) is 5.32 Å². The number of benzene rings is 1. The molecule has 21 heavy (non-hydrogen) atoms. The molecule has 0 saturated carbocycles. The fourth-order valence-electron chi connectivity index (χ4n) is 2.24. The summed E-state index contributed by atoms with van der Waals surface area (Å²) in [6.07, 6.45) is 2.98. The van der Waals surface area contributed by atoms with E-state index in [1.165, 1.54) is 18.5 Å². The lowest BCUT2D eigenvalue weighted by Crippen LogP contribution is -2.06. The topological polar surface area (TPSA) is 75.4 Å². The number of anilines is 1. The third-order valence-corrected chi connectivity index (χ3v) is 3.24. The summed E-state index contributed by atoms with van der Waals surface area (Å²) in [5.41, 5.74) is 2.55. The van der Waals surface area contributed by atoms with Crippen molar-refractivity contribution in [3.63, 3.8) is 0 Å². The molecule has 0 unspecified atom stereocenters. The Kier molecular flexibility index (Phi) is 3.31. The number of carboxylic acids is 1. The maximum absolute atomic E-state index is 11.1. The van der Waals surface area contributed by atoms with Crippen LogP contribution in [0.5, 0.6) is 0 Å². The van der Waals surface area contributed by atoms with Crippen molar-refractivity contribution >= 4 is 22.6 Å². The molecule has 0 radical (unpaired) electrons. The highest BCUT2D eigenvalue weighted by Crippen LogP contribution is 2.21. The standard InChI is InChI=1S/C16H14N2O3/c1-10-6-12-3-2-11(7-15(12)21-10)8-18-14-9-17-5-4-13(14)16(19)20/h2-7,9,18H,8H2,1H3,(H,19,20). The third-order valence-electron chi connectivity index (χ3n) is 3.24. The Bertz CT molecular complexity index is 808. The van der Waals surface area contributed by atoms with Gasteiger partial charge in [0.15, 0.2) is 0 Å². The number of fused-ring (bicyclic) bond motifs is 1. The molecule has 1 aromatic carbocycles. The highest BCUT2D eigenvalue weighted by molar-refractivity contribution is 5.93. The number of furan rings is 1. The number of rotatable bonds is 4. The predicted octanol–water partition coefficient (Wildman–Crippen LogP) is 3.45. The van der Waals surface area contributed by atoms with Gasteiger partial charge in [0.2, 0.25) is 0 Å². The maximum Gasteiger partial charge on any atom is 0.337 e. The van der Waals surface area contributed by atoms with Crippen LogP contribution in [0.2, 0.25) is 0 Å². The average Bonchev–Trinajstić information content (AvgIpc) is 2.84. The molecule has 3 rings (SSSR count). The summed E-state index contributed by atoms with van der Waals surface area (Å²) in [5.74, 6) is -0.104.